The lowest BCUT2D eigenvalue weighted by Gasteiger charge is -2.26. The number of anilines is 1. The summed E-state index contributed by atoms with van der Waals surface area (Å²) in [6.07, 6.45) is 0.943. The van der Waals surface area contributed by atoms with Crippen molar-refractivity contribution in [2.75, 3.05) is 18.9 Å². The SMILES string of the molecule is Cc1c(N)cccc1C(=O)N1CCC(C)C1CO. The number of nitrogens with zero attached hydrogens (tertiary/aromatic N) is 1. The predicted molar refractivity (Wildman–Crippen MR) is 71.3 cm³/mol. The van der Waals surface area contributed by atoms with E-state index in [4.69, 9.17) is 5.73 Å². The summed E-state index contributed by atoms with van der Waals surface area (Å²) in [7, 11) is 0. The first-order valence-corrected chi connectivity index (χ1v) is 6.33. The van der Waals surface area contributed by atoms with E-state index < -0.39 is 0 Å². The fraction of sp³-hybridized carbons (Fsp3) is 0.500. The highest BCUT2D eigenvalue weighted by Crippen LogP contribution is 2.27. The molecule has 1 amide bonds. The Morgan fingerprint density at radius 2 is 2.28 bits per heavy atom. The number of carbonyl (C=O) groups excluding carboxylic acids is 1. The van der Waals surface area contributed by atoms with Gasteiger partial charge in [-0.1, -0.05) is 13.0 Å². The van der Waals surface area contributed by atoms with Crippen LogP contribution < -0.4 is 5.73 Å². The average Bonchev–Trinajstić information content (AvgIpc) is 2.73. The van der Waals surface area contributed by atoms with Gasteiger partial charge in [0.1, 0.15) is 0 Å². The molecule has 0 aliphatic carbocycles. The molecule has 3 N–H and O–H groups in total. The summed E-state index contributed by atoms with van der Waals surface area (Å²) in [5, 5.41) is 9.41. The first kappa shape index (κ1) is 12.9. The third-order valence-electron chi connectivity index (χ3n) is 3.94. The molecule has 0 radical (unpaired) electrons. The number of aliphatic hydroxyl groups is 1. The molecule has 2 unspecified atom stereocenters. The number of hydrogen-bond donors (Lipinski definition) is 2. The van der Waals surface area contributed by atoms with Crippen molar-refractivity contribution in [2.24, 2.45) is 5.92 Å². The van der Waals surface area contributed by atoms with Crippen molar-refractivity contribution in [3.05, 3.63) is 29.3 Å². The van der Waals surface area contributed by atoms with Crippen molar-refractivity contribution in [1.29, 1.82) is 0 Å². The van der Waals surface area contributed by atoms with E-state index in [9.17, 15) is 9.90 Å². The zero-order valence-electron chi connectivity index (χ0n) is 10.9. The van der Waals surface area contributed by atoms with Crippen molar-refractivity contribution >= 4 is 11.6 Å². The minimum atomic E-state index is -0.0710. The second kappa shape index (κ2) is 4.98. The summed E-state index contributed by atoms with van der Waals surface area (Å²) >= 11 is 0. The van der Waals surface area contributed by atoms with E-state index in [1.165, 1.54) is 0 Å². The van der Waals surface area contributed by atoms with Crippen molar-refractivity contribution in [3.63, 3.8) is 0 Å². The van der Waals surface area contributed by atoms with E-state index >= 15 is 0 Å². The van der Waals surface area contributed by atoms with Crippen molar-refractivity contribution in [3.8, 4) is 0 Å². The van der Waals surface area contributed by atoms with E-state index in [2.05, 4.69) is 6.92 Å². The summed E-state index contributed by atoms with van der Waals surface area (Å²) in [6.45, 7) is 4.66. The second-order valence-electron chi connectivity index (χ2n) is 5.03. The number of likely N-dealkylation sites (tertiary alicyclic amines) is 1. The molecule has 1 heterocycles. The number of hydrogen-bond acceptors (Lipinski definition) is 3. The summed E-state index contributed by atoms with van der Waals surface area (Å²) in [5.41, 5.74) is 7.92. The molecule has 18 heavy (non-hydrogen) atoms. The standard InChI is InChI=1S/C14H20N2O2/c1-9-6-7-16(13(9)8-17)14(18)11-4-3-5-12(15)10(11)2/h3-5,9,13,17H,6-8,15H2,1-2H3. The van der Waals surface area contributed by atoms with Crippen LogP contribution in [-0.4, -0.2) is 35.1 Å². The number of carbonyl (C=O) groups is 1. The Morgan fingerprint density at radius 3 is 2.94 bits per heavy atom. The van der Waals surface area contributed by atoms with Gasteiger partial charge in [-0.2, -0.15) is 0 Å². The van der Waals surface area contributed by atoms with E-state index in [1.54, 1.807) is 23.1 Å². The molecule has 1 aromatic rings. The lowest BCUT2D eigenvalue weighted by Crippen LogP contribution is -2.40. The van der Waals surface area contributed by atoms with Crippen LogP contribution in [0.15, 0.2) is 18.2 Å². The van der Waals surface area contributed by atoms with Gasteiger partial charge in [0.2, 0.25) is 0 Å². The van der Waals surface area contributed by atoms with Gasteiger partial charge in [-0.05, 0) is 37.0 Å². The summed E-state index contributed by atoms with van der Waals surface area (Å²) in [5.74, 6) is 0.323. The van der Waals surface area contributed by atoms with Gasteiger partial charge < -0.3 is 15.7 Å². The molecule has 1 fully saturated rings. The maximum atomic E-state index is 12.5. The lowest BCUT2D eigenvalue weighted by atomic mass is 10.0. The summed E-state index contributed by atoms with van der Waals surface area (Å²) in [4.78, 5) is 14.3. The molecule has 1 aliphatic rings. The van der Waals surface area contributed by atoms with Crippen LogP contribution >= 0.6 is 0 Å². The molecule has 98 valence electrons. The fourth-order valence-electron chi connectivity index (χ4n) is 2.58. The number of benzene rings is 1. The van der Waals surface area contributed by atoms with E-state index in [1.807, 2.05) is 6.92 Å². The zero-order valence-corrected chi connectivity index (χ0v) is 10.9. The molecule has 4 heteroatoms. The Balaban J connectivity index is 2.29. The highest BCUT2D eigenvalue weighted by Gasteiger charge is 2.34. The Hall–Kier alpha value is -1.55. The van der Waals surface area contributed by atoms with Crippen LogP contribution in [0, 0.1) is 12.8 Å². The minimum Gasteiger partial charge on any atom is -0.398 e. The van der Waals surface area contributed by atoms with Crippen molar-refractivity contribution in [1.82, 2.24) is 4.90 Å². The smallest absolute Gasteiger partial charge is 0.254 e. The summed E-state index contributed by atoms with van der Waals surface area (Å²) in [6, 6.07) is 5.31. The molecule has 2 rings (SSSR count). The maximum absolute atomic E-state index is 12.5. The van der Waals surface area contributed by atoms with Gasteiger partial charge in [-0.3, -0.25) is 4.79 Å². The van der Waals surface area contributed by atoms with Crippen LogP contribution in [0.5, 0.6) is 0 Å². The molecular formula is C14H20N2O2. The average molecular weight is 248 g/mol. The first-order chi connectivity index (χ1) is 8.56. The van der Waals surface area contributed by atoms with Gasteiger partial charge in [0.05, 0.1) is 12.6 Å². The molecule has 2 atom stereocenters. The number of nitrogens with two attached hydrogens (primary N) is 1. The Labute approximate surface area is 107 Å². The quantitative estimate of drug-likeness (QED) is 0.778. The second-order valence-corrected chi connectivity index (χ2v) is 5.03. The highest BCUT2D eigenvalue weighted by molar-refractivity contribution is 5.97. The molecule has 4 nitrogen and oxygen atoms in total. The van der Waals surface area contributed by atoms with Gasteiger partial charge >= 0.3 is 0 Å². The first-order valence-electron chi connectivity index (χ1n) is 6.33. The van der Waals surface area contributed by atoms with Gasteiger partial charge in [0.25, 0.3) is 5.91 Å². The number of aliphatic hydroxyl groups excluding tert-OH is 1. The molecule has 1 aliphatic heterocycles. The van der Waals surface area contributed by atoms with E-state index in [0.717, 1.165) is 12.0 Å². The summed E-state index contributed by atoms with van der Waals surface area (Å²) < 4.78 is 0. The molecule has 1 saturated heterocycles. The third kappa shape index (κ3) is 2.08. The van der Waals surface area contributed by atoms with Crippen LogP contribution in [0.1, 0.15) is 29.3 Å². The minimum absolute atomic E-state index is 0.0221. The van der Waals surface area contributed by atoms with Crippen LogP contribution in [0.3, 0.4) is 0 Å². The molecular weight excluding hydrogens is 228 g/mol. The number of amides is 1. The Kier molecular flexibility index (Phi) is 3.57. The van der Waals surface area contributed by atoms with Crippen molar-refractivity contribution in [2.45, 2.75) is 26.3 Å². The monoisotopic (exact) mass is 248 g/mol. The largest absolute Gasteiger partial charge is 0.398 e. The molecule has 0 aromatic heterocycles. The van der Waals surface area contributed by atoms with Gasteiger partial charge in [-0.25, -0.2) is 0 Å². The van der Waals surface area contributed by atoms with Gasteiger partial charge in [0.15, 0.2) is 0 Å². The molecule has 0 spiro atoms. The topological polar surface area (TPSA) is 66.6 Å². The Morgan fingerprint density at radius 1 is 1.56 bits per heavy atom. The van der Waals surface area contributed by atoms with Crippen LogP contribution in [0.2, 0.25) is 0 Å². The van der Waals surface area contributed by atoms with E-state index in [-0.39, 0.29) is 18.6 Å². The van der Waals surface area contributed by atoms with E-state index in [0.29, 0.717) is 23.7 Å². The highest BCUT2D eigenvalue weighted by atomic mass is 16.3. The normalized spacial score (nSPS) is 23.4. The lowest BCUT2D eigenvalue weighted by molar-refractivity contribution is 0.0647. The van der Waals surface area contributed by atoms with Crippen LogP contribution in [0.4, 0.5) is 5.69 Å². The Bertz CT molecular complexity index is 459. The maximum Gasteiger partial charge on any atom is 0.254 e. The zero-order chi connectivity index (χ0) is 13.3. The molecule has 1 aromatic carbocycles. The van der Waals surface area contributed by atoms with Gasteiger partial charge in [0, 0.05) is 17.8 Å². The fourth-order valence-corrected chi connectivity index (χ4v) is 2.58. The molecule has 0 bridgehead atoms. The van der Waals surface area contributed by atoms with Crippen molar-refractivity contribution < 1.29 is 9.90 Å². The number of nitrogen functional groups attached to an aromatic ring is 1. The predicted octanol–water partition coefficient (Wildman–Crippen LogP) is 1.42. The van der Waals surface area contributed by atoms with Crippen LogP contribution in [-0.2, 0) is 0 Å². The molecule has 0 saturated carbocycles. The third-order valence-corrected chi connectivity index (χ3v) is 3.94. The number of rotatable bonds is 2. The van der Waals surface area contributed by atoms with Crippen LogP contribution in [0.25, 0.3) is 0 Å². The van der Waals surface area contributed by atoms with Gasteiger partial charge in [-0.15, -0.1) is 0 Å².